The summed E-state index contributed by atoms with van der Waals surface area (Å²) < 4.78 is 1.53. The van der Waals surface area contributed by atoms with Gasteiger partial charge in [0.1, 0.15) is 6.54 Å². The molecule has 1 aromatic heterocycles. The molecule has 35 heavy (non-hydrogen) atoms. The average molecular weight is 498 g/mol. The SMILES string of the molecule is O=C(CSc1ccccc1C(=O)Nc1cnn(CC(=O)NC2CCCC2)c1)NCC1CCCCC1. The van der Waals surface area contributed by atoms with Crippen LogP contribution in [0.1, 0.15) is 68.1 Å². The van der Waals surface area contributed by atoms with Gasteiger partial charge in [-0.2, -0.15) is 5.10 Å². The molecule has 1 aromatic carbocycles. The second-order valence-electron chi connectivity index (χ2n) is 9.52. The number of anilines is 1. The van der Waals surface area contributed by atoms with E-state index in [9.17, 15) is 14.4 Å². The Bertz CT molecular complexity index is 1010. The van der Waals surface area contributed by atoms with E-state index < -0.39 is 0 Å². The Balaban J connectivity index is 1.26. The fraction of sp³-hybridized carbons (Fsp3) is 0.538. The summed E-state index contributed by atoms with van der Waals surface area (Å²) in [4.78, 5) is 38.3. The molecule has 9 heteroatoms. The Labute approximate surface area is 211 Å². The van der Waals surface area contributed by atoms with Gasteiger partial charge in [-0.05, 0) is 43.7 Å². The van der Waals surface area contributed by atoms with E-state index in [1.807, 2.05) is 12.1 Å². The van der Waals surface area contributed by atoms with E-state index in [2.05, 4.69) is 21.0 Å². The third-order valence-electron chi connectivity index (χ3n) is 6.72. The van der Waals surface area contributed by atoms with E-state index in [-0.39, 0.29) is 36.1 Å². The summed E-state index contributed by atoms with van der Waals surface area (Å²) in [6.45, 7) is 0.860. The van der Waals surface area contributed by atoms with E-state index in [4.69, 9.17) is 0 Å². The first kappa shape index (κ1) is 25.3. The van der Waals surface area contributed by atoms with Crippen LogP contribution in [-0.4, -0.2) is 45.8 Å². The predicted octanol–water partition coefficient (Wildman–Crippen LogP) is 3.98. The Morgan fingerprint density at radius 2 is 1.71 bits per heavy atom. The summed E-state index contributed by atoms with van der Waals surface area (Å²) in [5.74, 6) is 0.510. The number of hydrogen-bond acceptors (Lipinski definition) is 5. The minimum atomic E-state index is -0.273. The van der Waals surface area contributed by atoms with Crippen molar-refractivity contribution in [2.45, 2.75) is 75.3 Å². The third kappa shape index (κ3) is 7.85. The van der Waals surface area contributed by atoms with Gasteiger partial charge in [-0.15, -0.1) is 11.8 Å². The van der Waals surface area contributed by atoms with Crippen LogP contribution in [0.15, 0.2) is 41.6 Å². The molecule has 0 bridgehead atoms. The summed E-state index contributed by atoms with van der Waals surface area (Å²) in [7, 11) is 0. The third-order valence-corrected chi connectivity index (χ3v) is 7.79. The average Bonchev–Trinajstić information content (AvgIpc) is 3.54. The smallest absolute Gasteiger partial charge is 0.256 e. The molecule has 4 rings (SSSR count). The van der Waals surface area contributed by atoms with E-state index in [0.29, 0.717) is 17.2 Å². The van der Waals surface area contributed by atoms with Crippen LogP contribution >= 0.6 is 11.8 Å². The molecule has 1 heterocycles. The number of carbonyl (C=O) groups is 3. The van der Waals surface area contributed by atoms with Crippen molar-refractivity contribution in [2.24, 2.45) is 5.92 Å². The molecular formula is C26H35N5O3S. The Kier molecular flexibility index (Phi) is 9.22. The largest absolute Gasteiger partial charge is 0.355 e. The van der Waals surface area contributed by atoms with E-state index in [1.54, 1.807) is 18.3 Å². The van der Waals surface area contributed by atoms with Crippen LogP contribution in [0.2, 0.25) is 0 Å². The summed E-state index contributed by atoms with van der Waals surface area (Å²) in [6.07, 6.45) is 13.8. The predicted molar refractivity (Wildman–Crippen MR) is 137 cm³/mol. The number of nitrogens with one attached hydrogen (secondary N) is 3. The lowest BCUT2D eigenvalue weighted by molar-refractivity contribution is -0.122. The number of aromatic nitrogens is 2. The van der Waals surface area contributed by atoms with Crippen molar-refractivity contribution in [3.8, 4) is 0 Å². The molecule has 2 aliphatic carbocycles. The molecule has 0 aliphatic heterocycles. The van der Waals surface area contributed by atoms with E-state index >= 15 is 0 Å². The number of nitrogens with zero attached hydrogens (tertiary/aromatic N) is 2. The molecule has 188 valence electrons. The molecule has 3 amide bonds. The molecule has 3 N–H and O–H groups in total. The van der Waals surface area contributed by atoms with Gasteiger partial charge in [0.15, 0.2) is 0 Å². The van der Waals surface area contributed by atoms with Crippen LogP contribution in [0, 0.1) is 5.92 Å². The zero-order chi connectivity index (χ0) is 24.5. The highest BCUT2D eigenvalue weighted by Gasteiger charge is 2.18. The van der Waals surface area contributed by atoms with Gasteiger partial charge in [0, 0.05) is 23.7 Å². The van der Waals surface area contributed by atoms with Gasteiger partial charge in [-0.25, -0.2) is 0 Å². The molecule has 8 nitrogen and oxygen atoms in total. The van der Waals surface area contributed by atoms with Crippen molar-refractivity contribution in [2.75, 3.05) is 17.6 Å². The van der Waals surface area contributed by atoms with Gasteiger partial charge < -0.3 is 16.0 Å². The summed E-state index contributed by atoms with van der Waals surface area (Å²) >= 11 is 1.36. The number of hydrogen-bond donors (Lipinski definition) is 3. The maximum atomic E-state index is 12.9. The van der Waals surface area contributed by atoms with Crippen LogP contribution in [0.3, 0.4) is 0 Å². The Morgan fingerprint density at radius 3 is 2.51 bits per heavy atom. The molecule has 2 aromatic rings. The fourth-order valence-corrected chi connectivity index (χ4v) is 5.71. The number of carbonyl (C=O) groups excluding carboxylic acids is 3. The van der Waals surface area contributed by atoms with Gasteiger partial charge in [0.25, 0.3) is 5.91 Å². The quantitative estimate of drug-likeness (QED) is 0.431. The zero-order valence-corrected chi connectivity index (χ0v) is 20.9. The first-order valence-corrected chi connectivity index (χ1v) is 13.7. The molecular weight excluding hydrogens is 462 g/mol. The van der Waals surface area contributed by atoms with Crippen molar-refractivity contribution in [3.63, 3.8) is 0 Å². The highest BCUT2D eigenvalue weighted by atomic mass is 32.2. The van der Waals surface area contributed by atoms with E-state index in [0.717, 1.165) is 37.1 Å². The minimum Gasteiger partial charge on any atom is -0.355 e. The molecule has 2 aliphatic rings. The van der Waals surface area contributed by atoms with Crippen molar-refractivity contribution >= 4 is 35.2 Å². The Morgan fingerprint density at radius 1 is 0.971 bits per heavy atom. The van der Waals surface area contributed by atoms with Crippen molar-refractivity contribution in [3.05, 3.63) is 42.2 Å². The lowest BCUT2D eigenvalue weighted by atomic mass is 9.89. The van der Waals surface area contributed by atoms with Gasteiger partial charge in [-0.3, -0.25) is 19.1 Å². The van der Waals surface area contributed by atoms with Crippen LogP contribution in [0.4, 0.5) is 5.69 Å². The Hall–Kier alpha value is -2.81. The molecule has 0 saturated heterocycles. The maximum absolute atomic E-state index is 12.9. The molecule has 0 atom stereocenters. The van der Waals surface area contributed by atoms with Crippen LogP contribution in [0.25, 0.3) is 0 Å². The minimum absolute atomic E-state index is 0.00654. The standard InChI is InChI=1S/C26H35N5O3S/c32-24(29-20-10-4-5-11-20)17-31-16-21(15-28-31)30-26(34)22-12-6-7-13-23(22)35-18-25(33)27-14-19-8-2-1-3-9-19/h6-7,12-13,15-16,19-20H,1-5,8-11,14,17-18H2,(H,27,33)(H,29,32)(H,30,34). The van der Waals surface area contributed by atoms with Crippen LogP contribution < -0.4 is 16.0 Å². The summed E-state index contributed by atoms with van der Waals surface area (Å²) in [5.41, 5.74) is 1.03. The van der Waals surface area contributed by atoms with Gasteiger partial charge in [-0.1, -0.05) is 44.2 Å². The normalized spacial score (nSPS) is 16.7. The summed E-state index contributed by atoms with van der Waals surface area (Å²) in [5, 5.41) is 13.1. The zero-order valence-electron chi connectivity index (χ0n) is 20.1. The second-order valence-corrected chi connectivity index (χ2v) is 10.5. The van der Waals surface area contributed by atoms with Crippen molar-refractivity contribution < 1.29 is 14.4 Å². The topological polar surface area (TPSA) is 105 Å². The van der Waals surface area contributed by atoms with Crippen LogP contribution in [0.5, 0.6) is 0 Å². The van der Waals surface area contributed by atoms with Gasteiger partial charge in [0.2, 0.25) is 11.8 Å². The summed E-state index contributed by atoms with van der Waals surface area (Å²) in [6, 6.07) is 7.53. The monoisotopic (exact) mass is 497 g/mol. The highest BCUT2D eigenvalue weighted by Crippen LogP contribution is 2.25. The second kappa shape index (κ2) is 12.8. The first-order chi connectivity index (χ1) is 17.1. The van der Waals surface area contributed by atoms with Crippen molar-refractivity contribution in [1.29, 1.82) is 0 Å². The number of amides is 3. The van der Waals surface area contributed by atoms with Crippen molar-refractivity contribution in [1.82, 2.24) is 20.4 Å². The lowest BCUT2D eigenvalue weighted by Crippen LogP contribution is -2.35. The molecule has 2 saturated carbocycles. The fourth-order valence-electron chi connectivity index (χ4n) is 4.83. The molecule has 2 fully saturated rings. The van der Waals surface area contributed by atoms with Gasteiger partial charge >= 0.3 is 0 Å². The van der Waals surface area contributed by atoms with Gasteiger partial charge in [0.05, 0.1) is 23.2 Å². The number of rotatable bonds is 10. The number of benzene rings is 1. The van der Waals surface area contributed by atoms with Crippen LogP contribution in [-0.2, 0) is 16.1 Å². The lowest BCUT2D eigenvalue weighted by Gasteiger charge is -2.21. The first-order valence-electron chi connectivity index (χ1n) is 12.7. The molecule has 0 spiro atoms. The highest BCUT2D eigenvalue weighted by molar-refractivity contribution is 8.00. The molecule has 0 radical (unpaired) electrons. The molecule has 0 unspecified atom stereocenters. The van der Waals surface area contributed by atoms with E-state index in [1.165, 1.54) is 54.7 Å². The maximum Gasteiger partial charge on any atom is 0.256 e. The number of thioether (sulfide) groups is 1.